The summed E-state index contributed by atoms with van der Waals surface area (Å²) in [4.78, 5) is 2.10. The molecule has 2 aromatic carbocycles. The molecule has 112 valence electrons. The Labute approximate surface area is 127 Å². The number of benzene rings is 2. The number of aryl methyl sites for hydroxylation is 1. The van der Waals surface area contributed by atoms with E-state index in [2.05, 4.69) is 65.8 Å². The number of rotatable bonds is 6. The molecule has 3 nitrogen and oxygen atoms in total. The molecule has 0 aliphatic carbocycles. The number of nitrogens with one attached hydrogen (secondary N) is 1. The Morgan fingerprint density at radius 2 is 1.76 bits per heavy atom. The largest absolute Gasteiger partial charge is 0.378 e. The van der Waals surface area contributed by atoms with Gasteiger partial charge in [-0.2, -0.15) is 0 Å². The number of hydrogen-bond donors (Lipinski definition) is 2. The summed E-state index contributed by atoms with van der Waals surface area (Å²) in [5.74, 6) is 5.80. The van der Waals surface area contributed by atoms with Crippen LogP contribution in [0.2, 0.25) is 0 Å². The van der Waals surface area contributed by atoms with Gasteiger partial charge in [0.25, 0.3) is 0 Å². The average molecular weight is 283 g/mol. The lowest BCUT2D eigenvalue weighted by molar-refractivity contribution is 0.636. The molecule has 0 fully saturated rings. The monoisotopic (exact) mass is 283 g/mol. The molecule has 0 radical (unpaired) electrons. The zero-order valence-electron chi connectivity index (χ0n) is 13.1. The van der Waals surface area contributed by atoms with Crippen molar-refractivity contribution >= 4 is 5.69 Å². The molecule has 0 bridgehead atoms. The summed E-state index contributed by atoms with van der Waals surface area (Å²) in [5.41, 5.74) is 7.85. The van der Waals surface area contributed by atoms with E-state index in [4.69, 9.17) is 5.84 Å². The van der Waals surface area contributed by atoms with Crippen molar-refractivity contribution in [3.8, 4) is 0 Å². The predicted octanol–water partition coefficient (Wildman–Crippen LogP) is 3.26. The van der Waals surface area contributed by atoms with E-state index in [0.717, 1.165) is 6.42 Å². The van der Waals surface area contributed by atoms with Crippen LogP contribution < -0.4 is 16.2 Å². The van der Waals surface area contributed by atoms with Gasteiger partial charge in [-0.05, 0) is 35.2 Å². The molecule has 3 N–H and O–H groups in total. The fraction of sp³-hybridized carbons (Fsp3) is 0.333. The van der Waals surface area contributed by atoms with Crippen LogP contribution in [0.4, 0.5) is 5.69 Å². The number of anilines is 1. The number of nitrogens with zero attached hydrogens (tertiary/aromatic N) is 1. The van der Waals surface area contributed by atoms with Gasteiger partial charge in [-0.3, -0.25) is 5.84 Å². The third-order valence-corrected chi connectivity index (χ3v) is 3.74. The zero-order valence-corrected chi connectivity index (χ0v) is 13.1. The van der Waals surface area contributed by atoms with Crippen molar-refractivity contribution in [1.82, 2.24) is 5.43 Å². The lowest BCUT2D eigenvalue weighted by Crippen LogP contribution is -2.29. The van der Waals surface area contributed by atoms with Crippen LogP contribution in [0.1, 0.15) is 36.1 Å². The van der Waals surface area contributed by atoms with E-state index in [1.807, 2.05) is 14.1 Å². The van der Waals surface area contributed by atoms with Crippen molar-refractivity contribution in [1.29, 1.82) is 0 Å². The number of nitrogens with two attached hydrogens (primary N) is 1. The summed E-state index contributed by atoms with van der Waals surface area (Å²) >= 11 is 0. The zero-order chi connectivity index (χ0) is 15.2. The molecule has 0 saturated heterocycles. The maximum absolute atomic E-state index is 5.80. The third-order valence-electron chi connectivity index (χ3n) is 3.74. The number of hydrogen-bond acceptors (Lipinski definition) is 3. The van der Waals surface area contributed by atoms with Gasteiger partial charge in [0, 0.05) is 19.8 Å². The summed E-state index contributed by atoms with van der Waals surface area (Å²) in [6.07, 6.45) is 2.29. The Bertz CT molecular complexity index is 561. The van der Waals surface area contributed by atoms with Crippen LogP contribution in [0, 0.1) is 0 Å². The van der Waals surface area contributed by atoms with Gasteiger partial charge >= 0.3 is 0 Å². The predicted molar refractivity (Wildman–Crippen MR) is 90.4 cm³/mol. The summed E-state index contributed by atoms with van der Waals surface area (Å²) < 4.78 is 0. The van der Waals surface area contributed by atoms with E-state index in [-0.39, 0.29) is 6.04 Å². The molecule has 0 amide bonds. The maximum atomic E-state index is 5.80. The molecule has 1 unspecified atom stereocenters. The Morgan fingerprint density at radius 3 is 2.33 bits per heavy atom. The minimum Gasteiger partial charge on any atom is -0.378 e. The van der Waals surface area contributed by atoms with Crippen LogP contribution in [0.15, 0.2) is 48.5 Å². The molecule has 21 heavy (non-hydrogen) atoms. The van der Waals surface area contributed by atoms with Crippen molar-refractivity contribution < 1.29 is 0 Å². The van der Waals surface area contributed by atoms with Crippen molar-refractivity contribution in [3.63, 3.8) is 0 Å². The van der Waals surface area contributed by atoms with Crippen LogP contribution in [0.5, 0.6) is 0 Å². The second-order valence-corrected chi connectivity index (χ2v) is 5.58. The topological polar surface area (TPSA) is 41.3 Å². The smallest absolute Gasteiger partial charge is 0.0710 e. The summed E-state index contributed by atoms with van der Waals surface area (Å²) in [6.45, 7) is 2.20. The molecule has 0 aromatic heterocycles. The molecule has 0 spiro atoms. The highest BCUT2D eigenvalue weighted by atomic mass is 15.2. The average Bonchev–Trinajstić information content (AvgIpc) is 2.50. The van der Waals surface area contributed by atoms with Gasteiger partial charge in [0.05, 0.1) is 6.04 Å². The van der Waals surface area contributed by atoms with Crippen LogP contribution in [0.3, 0.4) is 0 Å². The Balaban J connectivity index is 2.28. The lowest BCUT2D eigenvalue weighted by Gasteiger charge is -2.20. The Kier molecular flexibility index (Phi) is 5.37. The lowest BCUT2D eigenvalue weighted by atomic mass is 9.97. The quantitative estimate of drug-likeness (QED) is 0.631. The normalized spacial score (nSPS) is 12.2. The van der Waals surface area contributed by atoms with Crippen molar-refractivity contribution in [2.45, 2.75) is 25.8 Å². The second kappa shape index (κ2) is 7.25. The van der Waals surface area contributed by atoms with Gasteiger partial charge in [0.1, 0.15) is 0 Å². The van der Waals surface area contributed by atoms with E-state index in [0.29, 0.717) is 0 Å². The van der Waals surface area contributed by atoms with E-state index in [1.165, 1.54) is 28.8 Å². The first kappa shape index (κ1) is 15.5. The maximum Gasteiger partial charge on any atom is 0.0710 e. The highest BCUT2D eigenvalue weighted by molar-refractivity contribution is 5.49. The number of hydrazine groups is 1. The molecular weight excluding hydrogens is 258 g/mol. The van der Waals surface area contributed by atoms with Gasteiger partial charge in [-0.1, -0.05) is 49.7 Å². The minimum absolute atomic E-state index is 0.0144. The minimum atomic E-state index is 0.0144. The van der Waals surface area contributed by atoms with E-state index < -0.39 is 0 Å². The molecule has 1 atom stereocenters. The SMILES string of the molecule is CCCc1ccc(C(NN)c2cccc(N(C)C)c2)cc1. The third kappa shape index (κ3) is 3.84. The summed E-state index contributed by atoms with van der Waals surface area (Å²) in [7, 11) is 4.09. The molecule has 2 rings (SSSR count). The first-order valence-corrected chi connectivity index (χ1v) is 7.48. The summed E-state index contributed by atoms with van der Waals surface area (Å²) in [6, 6.07) is 17.2. The van der Waals surface area contributed by atoms with Crippen molar-refractivity contribution in [2.75, 3.05) is 19.0 Å². The highest BCUT2D eigenvalue weighted by Crippen LogP contribution is 2.25. The van der Waals surface area contributed by atoms with E-state index >= 15 is 0 Å². The van der Waals surface area contributed by atoms with Crippen LogP contribution in [0.25, 0.3) is 0 Å². The fourth-order valence-corrected chi connectivity index (χ4v) is 2.53. The van der Waals surface area contributed by atoms with E-state index in [9.17, 15) is 0 Å². The first-order valence-electron chi connectivity index (χ1n) is 7.48. The van der Waals surface area contributed by atoms with Crippen molar-refractivity contribution in [3.05, 3.63) is 65.2 Å². The molecule has 0 aliphatic rings. The van der Waals surface area contributed by atoms with E-state index in [1.54, 1.807) is 0 Å². The molecular formula is C18H25N3. The molecule has 0 heterocycles. The Morgan fingerprint density at radius 1 is 1.05 bits per heavy atom. The first-order chi connectivity index (χ1) is 10.2. The Hall–Kier alpha value is -1.84. The van der Waals surface area contributed by atoms with Gasteiger partial charge in [0.15, 0.2) is 0 Å². The van der Waals surface area contributed by atoms with Gasteiger partial charge in [0.2, 0.25) is 0 Å². The second-order valence-electron chi connectivity index (χ2n) is 5.58. The van der Waals surface area contributed by atoms with Crippen molar-refractivity contribution in [2.24, 2.45) is 5.84 Å². The fourth-order valence-electron chi connectivity index (χ4n) is 2.53. The molecule has 0 aliphatic heterocycles. The van der Waals surface area contributed by atoms with Gasteiger partial charge < -0.3 is 4.90 Å². The molecule has 2 aromatic rings. The standard InChI is InChI=1S/C18H25N3/c1-4-6-14-9-11-15(12-10-14)18(20-19)16-7-5-8-17(13-16)21(2)3/h5,7-13,18,20H,4,6,19H2,1-3H3. The van der Waals surface area contributed by atoms with Crippen LogP contribution >= 0.6 is 0 Å². The van der Waals surface area contributed by atoms with Crippen LogP contribution in [-0.2, 0) is 6.42 Å². The highest BCUT2D eigenvalue weighted by Gasteiger charge is 2.13. The van der Waals surface area contributed by atoms with Gasteiger partial charge in [-0.25, -0.2) is 5.43 Å². The van der Waals surface area contributed by atoms with Gasteiger partial charge in [-0.15, -0.1) is 0 Å². The van der Waals surface area contributed by atoms with Crippen LogP contribution in [-0.4, -0.2) is 14.1 Å². The molecule has 0 saturated carbocycles. The summed E-state index contributed by atoms with van der Waals surface area (Å²) in [5, 5.41) is 0. The molecule has 3 heteroatoms.